The number of piperazine rings is 1. The summed E-state index contributed by atoms with van der Waals surface area (Å²) in [6, 6.07) is 10.3. The maximum absolute atomic E-state index is 14.6. The van der Waals surface area contributed by atoms with Crippen LogP contribution in [0.5, 0.6) is 0 Å². The molecule has 2 aromatic carbocycles. The van der Waals surface area contributed by atoms with E-state index in [0.29, 0.717) is 28.7 Å². The van der Waals surface area contributed by atoms with E-state index in [-0.39, 0.29) is 24.5 Å². The number of benzene rings is 2. The largest absolute Gasteiger partial charge is 0.395 e. The lowest BCUT2D eigenvalue weighted by molar-refractivity contribution is 0.0995. The van der Waals surface area contributed by atoms with Crippen LogP contribution in [0.25, 0.3) is 10.9 Å². The summed E-state index contributed by atoms with van der Waals surface area (Å²) in [6.07, 6.45) is 0. The number of anilines is 3. The number of rotatable bonds is 7. The molecule has 9 nitrogen and oxygen atoms in total. The number of carbonyl (C=O) groups excluding carboxylic acids is 1. The van der Waals surface area contributed by atoms with E-state index in [1.807, 2.05) is 18.2 Å². The number of aliphatic hydroxyl groups excluding tert-OH is 1. The van der Waals surface area contributed by atoms with Gasteiger partial charge >= 0.3 is 0 Å². The summed E-state index contributed by atoms with van der Waals surface area (Å²) in [5, 5.41) is 20.9. The molecule has 32 heavy (non-hydrogen) atoms. The molecule has 0 radical (unpaired) electrons. The molecule has 0 aliphatic carbocycles. The molecule has 2 heterocycles. The molecule has 1 aromatic heterocycles. The Balaban J connectivity index is 1.67. The molecule has 0 spiro atoms. The topological polar surface area (TPSA) is 134 Å². The number of amides is 1. The van der Waals surface area contributed by atoms with Gasteiger partial charge in [-0.25, -0.2) is 4.39 Å². The van der Waals surface area contributed by atoms with Crippen molar-refractivity contribution in [1.82, 2.24) is 15.1 Å². The van der Waals surface area contributed by atoms with Crippen LogP contribution in [-0.4, -0.2) is 65.4 Å². The van der Waals surface area contributed by atoms with Gasteiger partial charge in [-0.3, -0.25) is 9.69 Å². The van der Waals surface area contributed by atoms with E-state index in [2.05, 4.69) is 25.3 Å². The lowest BCUT2D eigenvalue weighted by Gasteiger charge is -2.35. The summed E-state index contributed by atoms with van der Waals surface area (Å²) >= 11 is 0. The molecule has 1 aliphatic rings. The molecule has 4 rings (SSSR count). The molecule has 1 amide bonds. The number of aliphatic hydroxyl groups is 1. The van der Waals surface area contributed by atoms with Gasteiger partial charge in [-0.15, -0.1) is 10.2 Å². The van der Waals surface area contributed by atoms with E-state index in [4.69, 9.17) is 16.6 Å². The fourth-order valence-corrected chi connectivity index (χ4v) is 3.88. The Morgan fingerprint density at radius 3 is 2.56 bits per heavy atom. The summed E-state index contributed by atoms with van der Waals surface area (Å²) in [5.41, 5.74) is 13.7. The fourth-order valence-electron chi connectivity index (χ4n) is 3.88. The Kier molecular flexibility index (Phi) is 6.45. The molecular formula is C22H26FN7O2. The van der Waals surface area contributed by atoms with Crippen LogP contribution < -0.4 is 21.7 Å². The van der Waals surface area contributed by atoms with Gasteiger partial charge in [0.2, 0.25) is 0 Å². The van der Waals surface area contributed by atoms with Gasteiger partial charge in [-0.05, 0) is 35.9 Å². The third kappa shape index (κ3) is 4.47. The highest BCUT2D eigenvalue weighted by Gasteiger charge is 2.20. The monoisotopic (exact) mass is 439 g/mol. The van der Waals surface area contributed by atoms with E-state index < -0.39 is 11.7 Å². The molecule has 6 N–H and O–H groups in total. The number of nitrogens with one attached hydrogen (secondary N) is 1. The number of halogens is 1. The molecule has 0 bridgehead atoms. The predicted octanol–water partition coefficient (Wildman–Crippen LogP) is 1.18. The number of carbonyl (C=O) groups is 1. The standard InChI is InChI=1S/C22H26FN7O2/c23-17-11-14(13-24)1-4-18(17)26-20-16-3-2-15(12-19(16)27-28-21(20)22(25)32)30-7-5-29(6-8-30)9-10-31/h1-4,11-12,31H,5-10,13,24H2,(H2,25,32)(H,26,27). The van der Waals surface area contributed by atoms with Crippen molar-refractivity contribution in [3.05, 3.63) is 53.5 Å². The van der Waals surface area contributed by atoms with Gasteiger partial charge in [0.1, 0.15) is 5.82 Å². The maximum Gasteiger partial charge on any atom is 0.271 e. The van der Waals surface area contributed by atoms with Crippen molar-refractivity contribution in [2.24, 2.45) is 11.5 Å². The van der Waals surface area contributed by atoms with Crippen LogP contribution in [0.2, 0.25) is 0 Å². The molecule has 1 fully saturated rings. The van der Waals surface area contributed by atoms with E-state index >= 15 is 0 Å². The summed E-state index contributed by atoms with van der Waals surface area (Å²) < 4.78 is 14.6. The highest BCUT2D eigenvalue weighted by atomic mass is 19.1. The Labute approximate surface area is 184 Å². The Morgan fingerprint density at radius 2 is 1.91 bits per heavy atom. The Hall–Kier alpha value is -3.34. The average Bonchev–Trinajstić information content (AvgIpc) is 2.80. The number of fused-ring (bicyclic) bond motifs is 1. The lowest BCUT2D eigenvalue weighted by atomic mass is 10.1. The molecule has 168 valence electrons. The van der Waals surface area contributed by atoms with Crippen LogP contribution in [0.1, 0.15) is 16.1 Å². The van der Waals surface area contributed by atoms with Gasteiger partial charge in [0.05, 0.1) is 23.5 Å². The molecule has 0 atom stereocenters. The van der Waals surface area contributed by atoms with E-state index in [1.54, 1.807) is 12.1 Å². The molecule has 3 aromatic rings. The van der Waals surface area contributed by atoms with Gasteiger partial charge in [-0.2, -0.15) is 0 Å². The van der Waals surface area contributed by atoms with Crippen molar-refractivity contribution in [3.8, 4) is 0 Å². The second-order valence-electron chi connectivity index (χ2n) is 7.68. The van der Waals surface area contributed by atoms with E-state index in [0.717, 1.165) is 31.9 Å². The van der Waals surface area contributed by atoms with Crippen LogP contribution in [-0.2, 0) is 6.54 Å². The summed E-state index contributed by atoms with van der Waals surface area (Å²) in [4.78, 5) is 16.4. The number of primary amides is 1. The van der Waals surface area contributed by atoms with Crippen molar-refractivity contribution in [3.63, 3.8) is 0 Å². The minimum absolute atomic E-state index is 0.0647. The number of hydrogen-bond acceptors (Lipinski definition) is 8. The first-order valence-corrected chi connectivity index (χ1v) is 10.4. The zero-order chi connectivity index (χ0) is 22.7. The van der Waals surface area contributed by atoms with Gasteiger partial charge in [0.15, 0.2) is 5.69 Å². The Morgan fingerprint density at radius 1 is 1.12 bits per heavy atom. The normalized spacial score (nSPS) is 14.7. The van der Waals surface area contributed by atoms with Crippen molar-refractivity contribution >= 4 is 33.9 Å². The van der Waals surface area contributed by atoms with Crippen molar-refractivity contribution < 1.29 is 14.3 Å². The predicted molar refractivity (Wildman–Crippen MR) is 121 cm³/mol. The first-order valence-electron chi connectivity index (χ1n) is 10.4. The van der Waals surface area contributed by atoms with Gasteiger partial charge in [0.25, 0.3) is 5.91 Å². The minimum Gasteiger partial charge on any atom is -0.395 e. The first kappa shape index (κ1) is 21.9. The number of hydrogen-bond donors (Lipinski definition) is 4. The van der Waals surface area contributed by atoms with Crippen LogP contribution in [0.3, 0.4) is 0 Å². The lowest BCUT2D eigenvalue weighted by Crippen LogP contribution is -2.47. The van der Waals surface area contributed by atoms with Crippen molar-refractivity contribution in [2.45, 2.75) is 6.54 Å². The van der Waals surface area contributed by atoms with Crippen LogP contribution in [0, 0.1) is 5.82 Å². The molecular weight excluding hydrogens is 413 g/mol. The minimum atomic E-state index is -0.759. The molecule has 1 aliphatic heterocycles. The van der Waals surface area contributed by atoms with Crippen molar-refractivity contribution in [1.29, 1.82) is 0 Å². The summed E-state index contributed by atoms with van der Waals surface area (Å²) in [7, 11) is 0. The van der Waals surface area contributed by atoms with Crippen LogP contribution >= 0.6 is 0 Å². The molecule has 10 heteroatoms. The number of β-amino-alcohol motifs (C(OH)–C–C–N with tert-alkyl or cyclic N) is 1. The number of nitrogens with two attached hydrogens (primary N) is 2. The molecule has 1 saturated heterocycles. The zero-order valence-electron chi connectivity index (χ0n) is 17.6. The van der Waals surface area contributed by atoms with Gasteiger partial charge < -0.3 is 26.8 Å². The second-order valence-corrected chi connectivity index (χ2v) is 7.68. The Bertz CT molecular complexity index is 1130. The van der Waals surface area contributed by atoms with E-state index in [9.17, 15) is 9.18 Å². The summed E-state index contributed by atoms with van der Waals surface area (Å²) in [5.74, 6) is -1.25. The third-order valence-electron chi connectivity index (χ3n) is 5.66. The quantitative estimate of drug-likeness (QED) is 0.431. The second kappa shape index (κ2) is 9.43. The zero-order valence-corrected chi connectivity index (χ0v) is 17.6. The van der Waals surface area contributed by atoms with Gasteiger partial charge in [-0.1, -0.05) is 6.07 Å². The number of nitrogens with zero attached hydrogens (tertiary/aromatic N) is 4. The fraction of sp³-hybridized carbons (Fsp3) is 0.318. The average molecular weight is 439 g/mol. The third-order valence-corrected chi connectivity index (χ3v) is 5.66. The van der Waals surface area contributed by atoms with Crippen LogP contribution in [0.15, 0.2) is 36.4 Å². The van der Waals surface area contributed by atoms with Gasteiger partial charge in [0, 0.05) is 50.3 Å². The smallest absolute Gasteiger partial charge is 0.271 e. The molecule has 0 saturated carbocycles. The molecule has 0 unspecified atom stereocenters. The highest BCUT2D eigenvalue weighted by molar-refractivity contribution is 6.06. The van der Waals surface area contributed by atoms with Crippen molar-refractivity contribution in [2.75, 3.05) is 49.5 Å². The first-order chi connectivity index (χ1) is 15.5. The SMILES string of the molecule is NCc1ccc(Nc2c(C(N)=O)nnc3cc(N4CCN(CCO)CC4)ccc23)c(F)c1. The van der Waals surface area contributed by atoms with Crippen LogP contribution in [0.4, 0.5) is 21.5 Å². The highest BCUT2D eigenvalue weighted by Crippen LogP contribution is 2.31. The van der Waals surface area contributed by atoms with E-state index in [1.165, 1.54) is 6.07 Å². The number of aromatic nitrogens is 2. The summed E-state index contributed by atoms with van der Waals surface area (Å²) in [6.45, 7) is 4.40. The maximum atomic E-state index is 14.6.